The highest BCUT2D eigenvalue weighted by Gasteiger charge is 2.64. The van der Waals surface area contributed by atoms with E-state index in [9.17, 15) is 5.11 Å². The highest BCUT2D eigenvalue weighted by molar-refractivity contribution is 5.26. The number of ether oxygens (including phenoxy) is 1. The molecule has 4 fully saturated rings. The Morgan fingerprint density at radius 2 is 1.80 bits per heavy atom. The van der Waals surface area contributed by atoms with Crippen LogP contribution < -0.4 is 0 Å². The van der Waals surface area contributed by atoms with Crippen molar-refractivity contribution < 1.29 is 9.84 Å². The van der Waals surface area contributed by atoms with Crippen molar-refractivity contribution in [2.75, 3.05) is 0 Å². The molecule has 1 heterocycles. The fourth-order valence-electron chi connectivity index (χ4n) is 9.40. The van der Waals surface area contributed by atoms with Crippen LogP contribution >= 0.6 is 0 Å². The predicted octanol–water partition coefficient (Wildman–Crippen LogP) is 7.12. The molecule has 170 valence electrons. The maximum atomic E-state index is 10.3. The lowest BCUT2D eigenvalue weighted by molar-refractivity contribution is -0.124. The molecule has 5 aliphatic rings. The van der Waals surface area contributed by atoms with Crippen molar-refractivity contribution in [3.8, 4) is 0 Å². The van der Waals surface area contributed by atoms with Crippen LogP contribution in [0.3, 0.4) is 0 Å². The van der Waals surface area contributed by atoms with Crippen LogP contribution in [0.4, 0.5) is 0 Å². The Bertz CT molecular complexity index is 697. The number of aliphatic hydroxyl groups is 1. The van der Waals surface area contributed by atoms with Crippen molar-refractivity contribution in [1.82, 2.24) is 0 Å². The average Bonchev–Trinajstić information content (AvgIpc) is 3.20. The molecule has 0 bridgehead atoms. The van der Waals surface area contributed by atoms with E-state index < -0.39 is 0 Å². The third kappa shape index (κ3) is 3.06. The molecule has 10 atom stereocenters. The van der Waals surface area contributed by atoms with Crippen molar-refractivity contribution in [2.45, 2.75) is 117 Å². The molecule has 4 saturated carbocycles. The van der Waals surface area contributed by atoms with Gasteiger partial charge in [0.1, 0.15) is 6.10 Å². The molecule has 2 nitrogen and oxygen atoms in total. The van der Waals surface area contributed by atoms with Gasteiger partial charge in [0.05, 0.1) is 11.9 Å². The van der Waals surface area contributed by atoms with Gasteiger partial charge in [0, 0.05) is 12.3 Å². The van der Waals surface area contributed by atoms with Crippen molar-refractivity contribution in [2.24, 2.45) is 46.3 Å². The second-order valence-corrected chi connectivity index (χ2v) is 12.7. The third-order valence-electron chi connectivity index (χ3n) is 11.4. The number of rotatable bonds is 4. The van der Waals surface area contributed by atoms with Crippen LogP contribution in [0.1, 0.15) is 105 Å². The molecule has 0 aromatic rings. The number of fused-ring (bicyclic) bond motifs is 7. The summed E-state index contributed by atoms with van der Waals surface area (Å²) in [5.41, 5.74) is 2.55. The van der Waals surface area contributed by atoms with Gasteiger partial charge in [0.2, 0.25) is 0 Å². The Balaban J connectivity index is 1.36. The zero-order valence-electron chi connectivity index (χ0n) is 20.3. The predicted molar refractivity (Wildman–Crippen MR) is 123 cm³/mol. The molecule has 0 aromatic carbocycles. The Hall–Kier alpha value is -0.500. The maximum Gasteiger partial charge on any atom is 0.106 e. The molecule has 0 aromatic heterocycles. The molecule has 1 N–H and O–H groups in total. The van der Waals surface area contributed by atoms with Gasteiger partial charge in [0.25, 0.3) is 0 Å². The van der Waals surface area contributed by atoms with E-state index in [0.717, 1.165) is 48.9 Å². The minimum atomic E-state index is -0.0330. The maximum absolute atomic E-state index is 10.3. The first-order valence-corrected chi connectivity index (χ1v) is 13.3. The normalized spacial score (nSPS) is 50.9. The summed E-state index contributed by atoms with van der Waals surface area (Å²) in [6, 6.07) is 0. The molecule has 0 saturated heterocycles. The van der Waals surface area contributed by atoms with Gasteiger partial charge < -0.3 is 9.84 Å². The van der Waals surface area contributed by atoms with Crippen LogP contribution in [0.5, 0.6) is 0 Å². The van der Waals surface area contributed by atoms with Crippen LogP contribution in [0, 0.1) is 46.3 Å². The summed E-state index contributed by atoms with van der Waals surface area (Å²) < 4.78 is 6.72. The van der Waals surface area contributed by atoms with Gasteiger partial charge in [-0.3, -0.25) is 0 Å². The second-order valence-electron chi connectivity index (χ2n) is 12.7. The van der Waals surface area contributed by atoms with E-state index in [4.69, 9.17) is 4.74 Å². The number of hydrogen-bond donors (Lipinski definition) is 1. The molecule has 1 aliphatic heterocycles. The molecule has 0 radical (unpaired) electrons. The largest absolute Gasteiger partial charge is 0.494 e. The van der Waals surface area contributed by atoms with Crippen LogP contribution in [0.15, 0.2) is 11.3 Å². The summed E-state index contributed by atoms with van der Waals surface area (Å²) in [5, 5.41) is 10.3. The minimum Gasteiger partial charge on any atom is -0.494 e. The van der Waals surface area contributed by atoms with Crippen LogP contribution in [-0.4, -0.2) is 17.3 Å². The van der Waals surface area contributed by atoms with Gasteiger partial charge >= 0.3 is 0 Å². The fourth-order valence-corrected chi connectivity index (χ4v) is 9.40. The van der Waals surface area contributed by atoms with Crippen molar-refractivity contribution in [1.29, 1.82) is 0 Å². The molecule has 10 unspecified atom stereocenters. The van der Waals surface area contributed by atoms with E-state index in [-0.39, 0.29) is 6.10 Å². The summed E-state index contributed by atoms with van der Waals surface area (Å²) in [6.45, 7) is 12.3. The summed E-state index contributed by atoms with van der Waals surface area (Å²) >= 11 is 0. The zero-order chi connectivity index (χ0) is 21.3. The van der Waals surface area contributed by atoms with Crippen LogP contribution in [-0.2, 0) is 4.74 Å². The monoisotopic (exact) mass is 414 g/mol. The highest BCUT2D eigenvalue weighted by Crippen LogP contribution is 2.69. The Labute approximate surface area is 185 Å². The minimum absolute atomic E-state index is 0.0330. The Morgan fingerprint density at radius 3 is 2.57 bits per heavy atom. The van der Waals surface area contributed by atoms with E-state index in [1.807, 2.05) is 0 Å². The summed E-state index contributed by atoms with van der Waals surface area (Å²) in [7, 11) is 0. The van der Waals surface area contributed by atoms with E-state index >= 15 is 0 Å². The smallest absolute Gasteiger partial charge is 0.106 e. The first kappa shape index (κ1) is 21.4. The second kappa shape index (κ2) is 7.53. The first-order valence-electron chi connectivity index (χ1n) is 13.3. The van der Waals surface area contributed by atoms with Crippen molar-refractivity contribution in [3.63, 3.8) is 0 Å². The van der Waals surface area contributed by atoms with E-state index in [0.29, 0.717) is 22.9 Å². The topological polar surface area (TPSA) is 29.5 Å². The van der Waals surface area contributed by atoms with Gasteiger partial charge in [-0.15, -0.1) is 0 Å². The van der Waals surface area contributed by atoms with Crippen molar-refractivity contribution in [3.05, 3.63) is 11.3 Å². The Kier molecular flexibility index (Phi) is 5.36. The molecule has 0 amide bonds. The molecule has 4 aliphatic carbocycles. The first-order chi connectivity index (χ1) is 14.3. The molecule has 2 heteroatoms. The van der Waals surface area contributed by atoms with Crippen LogP contribution in [0.2, 0.25) is 0 Å². The lowest BCUT2D eigenvalue weighted by atomic mass is 9.44. The van der Waals surface area contributed by atoms with Gasteiger partial charge in [-0.1, -0.05) is 34.1 Å². The fraction of sp³-hybridized carbons (Fsp3) is 0.929. The highest BCUT2D eigenvalue weighted by atomic mass is 16.5. The zero-order valence-corrected chi connectivity index (χ0v) is 20.3. The Morgan fingerprint density at radius 1 is 1.03 bits per heavy atom. The van der Waals surface area contributed by atoms with E-state index in [1.165, 1.54) is 57.1 Å². The standard InChI is InChI=1S/C28H46O2/c1-6-17(2)7-10-24-18(3)26-25(30-24)16-23-21-9-8-19-15-20(29)11-13-27(19,4)22(21)12-14-28(23,26)5/h17,19-23,25-26,29H,6-16H2,1-5H3. The van der Waals surface area contributed by atoms with E-state index in [1.54, 1.807) is 5.57 Å². The lowest BCUT2D eigenvalue weighted by Crippen LogP contribution is -2.54. The number of allylic oxidation sites excluding steroid dienone is 1. The SMILES string of the molecule is CCC(C)CCC1=C(C)C2C(CC3C4CCC5CC(O)CCC5(C)C4CCC32C)O1. The van der Waals surface area contributed by atoms with Crippen molar-refractivity contribution >= 4 is 0 Å². The van der Waals surface area contributed by atoms with Gasteiger partial charge in [-0.2, -0.15) is 0 Å². The molecule has 30 heavy (non-hydrogen) atoms. The summed E-state index contributed by atoms with van der Waals surface area (Å²) in [5.74, 6) is 6.23. The van der Waals surface area contributed by atoms with Gasteiger partial charge in [-0.05, 0) is 111 Å². The number of hydrogen-bond acceptors (Lipinski definition) is 2. The molecule has 5 rings (SSSR count). The summed E-state index contributed by atoms with van der Waals surface area (Å²) in [4.78, 5) is 0. The molecular formula is C28H46O2. The lowest BCUT2D eigenvalue weighted by Gasteiger charge is -2.60. The number of aliphatic hydroxyl groups excluding tert-OH is 1. The van der Waals surface area contributed by atoms with E-state index in [2.05, 4.69) is 34.6 Å². The van der Waals surface area contributed by atoms with Gasteiger partial charge in [-0.25, -0.2) is 0 Å². The quantitative estimate of drug-likeness (QED) is 0.531. The van der Waals surface area contributed by atoms with Crippen LogP contribution in [0.25, 0.3) is 0 Å². The average molecular weight is 415 g/mol. The molecule has 0 spiro atoms. The summed E-state index contributed by atoms with van der Waals surface area (Å²) in [6.07, 6.45) is 14.4. The third-order valence-corrected chi connectivity index (χ3v) is 11.4. The molecular weight excluding hydrogens is 368 g/mol. The van der Waals surface area contributed by atoms with Gasteiger partial charge in [0.15, 0.2) is 0 Å².